The number of halogens is 1. The fourth-order valence-corrected chi connectivity index (χ4v) is 5.52. The number of hydrogen-bond donors (Lipinski definition) is 3. The maximum Gasteiger partial charge on any atom is 0.270 e. The maximum absolute atomic E-state index is 13.9. The Balaban J connectivity index is 1.99. The molecule has 1 atom stereocenters. The number of nitrogens with one attached hydrogen (secondary N) is 1. The third-order valence-electron chi connectivity index (χ3n) is 6.88. The molecule has 1 aromatic heterocycles. The fraction of sp³-hybridized carbons (Fsp3) is 0.538. The minimum atomic E-state index is -1.01. The first-order valence-electron chi connectivity index (χ1n) is 12.9. The van der Waals surface area contributed by atoms with E-state index in [-0.39, 0.29) is 34.8 Å². The number of hydrogen-bond acceptors (Lipinski definition) is 7. The van der Waals surface area contributed by atoms with Crippen LogP contribution in [0.1, 0.15) is 84.1 Å². The SMILES string of the molecule is CCN(CC)CCCN(C(=O)c1snc(C(N)=O)c1N)[C@H](C(=O)NC1CCCCC1)c1ccc(F)cc1. The number of rotatable bonds is 12. The highest BCUT2D eigenvalue weighted by Gasteiger charge is 2.35. The number of primary amides is 1. The summed E-state index contributed by atoms with van der Waals surface area (Å²) < 4.78 is 17.8. The summed E-state index contributed by atoms with van der Waals surface area (Å²) in [6.45, 7) is 6.82. The van der Waals surface area contributed by atoms with Crippen LogP contribution in [0, 0.1) is 5.82 Å². The van der Waals surface area contributed by atoms with Gasteiger partial charge in [0.05, 0.1) is 5.69 Å². The fourth-order valence-electron chi connectivity index (χ4n) is 4.76. The average Bonchev–Trinajstić information content (AvgIpc) is 3.28. The van der Waals surface area contributed by atoms with Crippen LogP contribution >= 0.6 is 11.5 Å². The summed E-state index contributed by atoms with van der Waals surface area (Å²) in [7, 11) is 0. The number of benzene rings is 1. The minimum Gasteiger partial charge on any atom is -0.395 e. The van der Waals surface area contributed by atoms with Gasteiger partial charge in [0, 0.05) is 12.6 Å². The largest absolute Gasteiger partial charge is 0.395 e. The van der Waals surface area contributed by atoms with Crippen molar-refractivity contribution in [1.82, 2.24) is 19.5 Å². The zero-order valence-corrected chi connectivity index (χ0v) is 22.4. The van der Waals surface area contributed by atoms with Gasteiger partial charge in [-0.15, -0.1) is 0 Å². The highest BCUT2D eigenvalue weighted by atomic mass is 32.1. The van der Waals surface area contributed by atoms with E-state index >= 15 is 0 Å². The predicted octanol–water partition coefficient (Wildman–Crippen LogP) is 3.33. The zero-order valence-electron chi connectivity index (χ0n) is 21.5. The Bertz CT molecular complexity index is 1070. The second kappa shape index (κ2) is 13.5. The van der Waals surface area contributed by atoms with Gasteiger partial charge in [-0.2, -0.15) is 4.37 Å². The summed E-state index contributed by atoms with van der Waals surface area (Å²) >= 11 is 0.783. The normalized spacial score (nSPS) is 14.9. The Hall–Kier alpha value is -3.05. The molecule has 0 unspecified atom stereocenters. The molecule has 2 aromatic rings. The highest BCUT2D eigenvalue weighted by Crippen LogP contribution is 2.30. The Kier molecular flexibility index (Phi) is 10.4. The van der Waals surface area contributed by atoms with Gasteiger partial charge in [0.25, 0.3) is 11.8 Å². The molecule has 1 saturated carbocycles. The first kappa shape index (κ1) is 28.5. The van der Waals surface area contributed by atoms with Crippen molar-refractivity contribution < 1.29 is 18.8 Å². The van der Waals surface area contributed by atoms with Crippen molar-refractivity contribution in [3.8, 4) is 0 Å². The molecule has 11 heteroatoms. The summed E-state index contributed by atoms with van der Waals surface area (Å²) in [5, 5.41) is 3.12. The molecule has 1 aliphatic carbocycles. The van der Waals surface area contributed by atoms with Gasteiger partial charge in [-0.3, -0.25) is 14.4 Å². The predicted molar refractivity (Wildman–Crippen MR) is 143 cm³/mol. The molecule has 0 aliphatic heterocycles. The van der Waals surface area contributed by atoms with Crippen LogP contribution in [0.2, 0.25) is 0 Å². The van der Waals surface area contributed by atoms with E-state index in [0.717, 1.165) is 63.3 Å². The molecule has 1 aliphatic rings. The minimum absolute atomic E-state index is 0.0202. The summed E-state index contributed by atoms with van der Waals surface area (Å²) in [6.07, 6.45) is 5.56. The number of nitrogens with two attached hydrogens (primary N) is 2. The van der Waals surface area contributed by atoms with E-state index in [4.69, 9.17) is 11.5 Å². The second-order valence-electron chi connectivity index (χ2n) is 9.31. The maximum atomic E-state index is 13.9. The van der Waals surface area contributed by atoms with Crippen molar-refractivity contribution in [2.75, 3.05) is 31.9 Å². The lowest BCUT2D eigenvalue weighted by atomic mass is 9.94. The van der Waals surface area contributed by atoms with Crippen molar-refractivity contribution >= 4 is 34.9 Å². The van der Waals surface area contributed by atoms with Crippen LogP contribution in [-0.4, -0.2) is 64.1 Å². The van der Waals surface area contributed by atoms with E-state index in [1.54, 1.807) is 0 Å². The molecule has 1 heterocycles. The van der Waals surface area contributed by atoms with Gasteiger partial charge in [0.2, 0.25) is 5.91 Å². The van der Waals surface area contributed by atoms with Gasteiger partial charge >= 0.3 is 0 Å². The number of carbonyl (C=O) groups is 3. The van der Waals surface area contributed by atoms with Crippen LogP contribution in [0.4, 0.5) is 10.1 Å². The lowest BCUT2D eigenvalue weighted by Crippen LogP contribution is -2.47. The molecular weight excluding hydrogens is 495 g/mol. The third-order valence-corrected chi connectivity index (χ3v) is 7.73. The Labute approximate surface area is 221 Å². The summed E-state index contributed by atoms with van der Waals surface area (Å²) in [4.78, 5) is 43.1. The molecule has 1 aromatic carbocycles. The third kappa shape index (κ3) is 7.26. The van der Waals surface area contributed by atoms with Crippen LogP contribution in [0.25, 0.3) is 0 Å². The van der Waals surface area contributed by atoms with E-state index in [1.807, 2.05) is 0 Å². The number of amides is 3. The molecule has 5 N–H and O–H groups in total. The molecular formula is C26H37FN6O3S. The zero-order chi connectivity index (χ0) is 26.9. The van der Waals surface area contributed by atoms with Crippen LogP contribution in [0.15, 0.2) is 24.3 Å². The van der Waals surface area contributed by atoms with Gasteiger partial charge < -0.3 is 26.6 Å². The summed E-state index contributed by atoms with van der Waals surface area (Å²) in [5.74, 6) is -2.11. The molecule has 3 rings (SSSR count). The average molecular weight is 533 g/mol. The topological polar surface area (TPSA) is 135 Å². The first-order chi connectivity index (χ1) is 17.8. The summed E-state index contributed by atoms with van der Waals surface area (Å²) in [6, 6.07) is 4.62. The first-order valence-corrected chi connectivity index (χ1v) is 13.7. The molecule has 0 bridgehead atoms. The number of carbonyl (C=O) groups excluding carboxylic acids is 3. The number of anilines is 1. The summed E-state index contributed by atoms with van der Waals surface area (Å²) in [5.41, 5.74) is 11.7. The van der Waals surface area contributed by atoms with Gasteiger partial charge in [-0.1, -0.05) is 45.2 Å². The molecule has 9 nitrogen and oxygen atoms in total. The Morgan fingerprint density at radius 2 is 1.76 bits per heavy atom. The van der Waals surface area contributed by atoms with Crippen molar-refractivity contribution in [3.05, 3.63) is 46.2 Å². The van der Waals surface area contributed by atoms with Crippen LogP contribution in [-0.2, 0) is 4.79 Å². The van der Waals surface area contributed by atoms with Gasteiger partial charge in [0.15, 0.2) is 5.69 Å². The van der Waals surface area contributed by atoms with E-state index in [2.05, 4.69) is 28.4 Å². The number of nitrogen functional groups attached to an aromatic ring is 1. The van der Waals surface area contributed by atoms with Gasteiger partial charge in [0.1, 0.15) is 16.7 Å². The van der Waals surface area contributed by atoms with Crippen LogP contribution < -0.4 is 16.8 Å². The van der Waals surface area contributed by atoms with Crippen molar-refractivity contribution in [1.29, 1.82) is 0 Å². The molecule has 202 valence electrons. The van der Waals surface area contributed by atoms with Crippen molar-refractivity contribution in [3.63, 3.8) is 0 Å². The quantitative estimate of drug-likeness (QED) is 0.384. The van der Waals surface area contributed by atoms with Crippen molar-refractivity contribution in [2.24, 2.45) is 5.73 Å². The lowest BCUT2D eigenvalue weighted by Gasteiger charge is -2.33. The smallest absolute Gasteiger partial charge is 0.270 e. The van der Waals surface area contributed by atoms with Crippen molar-refractivity contribution in [2.45, 2.75) is 64.5 Å². The second-order valence-corrected chi connectivity index (χ2v) is 10.1. The van der Waals surface area contributed by atoms with Crippen LogP contribution in [0.3, 0.4) is 0 Å². The van der Waals surface area contributed by atoms with E-state index in [1.165, 1.54) is 29.2 Å². The molecule has 0 radical (unpaired) electrons. The standard InChI is InChI=1S/C26H37FN6O3S/c1-3-32(4-2)15-8-16-33(26(36)23-20(28)21(24(29)34)31-37-23)22(17-11-13-18(27)14-12-17)25(35)30-19-9-6-5-7-10-19/h11-14,19,22H,3-10,15-16,28H2,1-2H3,(H2,29,34)(H,30,35)/t22-/m0/s1. The molecule has 37 heavy (non-hydrogen) atoms. The lowest BCUT2D eigenvalue weighted by molar-refractivity contribution is -0.127. The molecule has 0 spiro atoms. The highest BCUT2D eigenvalue weighted by molar-refractivity contribution is 7.09. The van der Waals surface area contributed by atoms with Gasteiger partial charge in [-0.25, -0.2) is 4.39 Å². The Morgan fingerprint density at radius 1 is 1.11 bits per heavy atom. The monoisotopic (exact) mass is 532 g/mol. The molecule has 3 amide bonds. The molecule has 1 fully saturated rings. The van der Waals surface area contributed by atoms with E-state index in [0.29, 0.717) is 12.0 Å². The molecule has 0 saturated heterocycles. The van der Waals surface area contributed by atoms with E-state index in [9.17, 15) is 18.8 Å². The Morgan fingerprint density at radius 3 is 2.32 bits per heavy atom. The number of nitrogens with zero attached hydrogens (tertiary/aromatic N) is 3. The van der Waals surface area contributed by atoms with E-state index < -0.39 is 23.7 Å². The van der Waals surface area contributed by atoms with Gasteiger partial charge in [-0.05, 0) is 68.1 Å². The number of aromatic nitrogens is 1. The van der Waals surface area contributed by atoms with Crippen LogP contribution in [0.5, 0.6) is 0 Å².